The Morgan fingerprint density at radius 1 is 1.17 bits per heavy atom. The van der Waals surface area contributed by atoms with Gasteiger partial charge in [-0.3, -0.25) is 9.59 Å². The molecule has 1 aliphatic heterocycles. The number of thiazole rings is 1. The van der Waals surface area contributed by atoms with Crippen molar-refractivity contribution in [3.05, 3.63) is 69.1 Å². The van der Waals surface area contributed by atoms with Gasteiger partial charge in [0.15, 0.2) is 10.9 Å². The summed E-state index contributed by atoms with van der Waals surface area (Å²) in [5.41, 5.74) is 4.30. The molecule has 0 spiro atoms. The summed E-state index contributed by atoms with van der Waals surface area (Å²) in [6.45, 7) is -0.371. The number of rotatable bonds is 6. The fourth-order valence-corrected chi connectivity index (χ4v) is 5.51. The number of carbonyl (C=O) groups excluding carboxylic acids is 2. The van der Waals surface area contributed by atoms with Crippen molar-refractivity contribution < 1.29 is 37.0 Å². The van der Waals surface area contributed by atoms with Crippen LogP contribution in [-0.2, 0) is 15.8 Å². The van der Waals surface area contributed by atoms with Gasteiger partial charge in [0.2, 0.25) is 11.5 Å². The van der Waals surface area contributed by atoms with Crippen LogP contribution in [0.4, 0.5) is 22.7 Å². The molecule has 2 atom stereocenters. The number of hydrogen-bond acceptors (Lipinski definition) is 8. The SMILES string of the molecule is C[C@]1(C(N)=O)COc2c1cc([C@@](O)(CNC(=O)c1cc(F)c3nc(N)sc3c1)C(F)(F)F)nc2-c1ccc(Cl)c(Cl)c1. The van der Waals surface area contributed by atoms with Crippen molar-refractivity contribution in [3.63, 3.8) is 0 Å². The van der Waals surface area contributed by atoms with E-state index >= 15 is 0 Å². The molecule has 0 saturated carbocycles. The number of ether oxygens (including phenoxy) is 1. The van der Waals surface area contributed by atoms with Crippen LogP contribution in [0, 0.1) is 5.82 Å². The van der Waals surface area contributed by atoms with Crippen molar-refractivity contribution in [2.45, 2.75) is 24.1 Å². The quantitative estimate of drug-likeness (QED) is 0.222. The number of aliphatic hydroxyl groups is 1. The summed E-state index contributed by atoms with van der Waals surface area (Å²) in [5, 5.41) is 13.4. The Bertz CT molecular complexity index is 1790. The van der Waals surface area contributed by atoms with E-state index in [0.717, 1.165) is 23.5 Å². The smallest absolute Gasteiger partial charge is 0.424 e. The van der Waals surface area contributed by atoms with E-state index in [4.69, 9.17) is 39.4 Å². The number of nitrogen functional groups attached to an aromatic ring is 1. The van der Waals surface area contributed by atoms with Gasteiger partial charge in [-0.05, 0) is 37.3 Å². The van der Waals surface area contributed by atoms with Crippen LogP contribution in [0.5, 0.6) is 5.75 Å². The number of primary amides is 1. The molecular weight excluding hydrogens is 625 g/mol. The Hall–Kier alpha value is -3.72. The molecule has 5 rings (SSSR count). The molecular formula is C26H19Cl2F4N5O4S. The number of aromatic nitrogens is 2. The highest BCUT2D eigenvalue weighted by molar-refractivity contribution is 7.22. The maximum absolute atomic E-state index is 14.6. The third-order valence-electron chi connectivity index (χ3n) is 6.93. The van der Waals surface area contributed by atoms with E-state index in [1.807, 2.05) is 5.32 Å². The monoisotopic (exact) mass is 643 g/mol. The second-order valence-corrected chi connectivity index (χ2v) is 11.6. The van der Waals surface area contributed by atoms with Gasteiger partial charge in [0.25, 0.3) is 5.91 Å². The molecule has 1 aliphatic rings. The lowest BCUT2D eigenvalue weighted by Gasteiger charge is -2.31. The van der Waals surface area contributed by atoms with E-state index in [9.17, 15) is 32.3 Å². The van der Waals surface area contributed by atoms with Gasteiger partial charge in [-0.1, -0.05) is 40.6 Å². The molecule has 0 radical (unpaired) electrons. The molecule has 0 saturated heterocycles. The Kier molecular flexibility index (Phi) is 7.24. The number of pyridine rings is 1. The Balaban J connectivity index is 1.61. The van der Waals surface area contributed by atoms with Crippen LogP contribution in [0.3, 0.4) is 0 Å². The van der Waals surface area contributed by atoms with Crippen molar-refractivity contribution in [1.29, 1.82) is 0 Å². The molecule has 2 aromatic heterocycles. The summed E-state index contributed by atoms with van der Waals surface area (Å²) in [4.78, 5) is 33.1. The van der Waals surface area contributed by atoms with Gasteiger partial charge in [-0.15, -0.1) is 0 Å². The van der Waals surface area contributed by atoms with Gasteiger partial charge in [-0.2, -0.15) is 13.2 Å². The number of amides is 2. The van der Waals surface area contributed by atoms with Gasteiger partial charge in [-0.25, -0.2) is 14.4 Å². The van der Waals surface area contributed by atoms with E-state index in [1.165, 1.54) is 31.2 Å². The molecule has 220 valence electrons. The third kappa shape index (κ3) is 4.87. The number of carbonyl (C=O) groups is 2. The summed E-state index contributed by atoms with van der Waals surface area (Å²) in [6.07, 6.45) is -5.40. The molecule has 0 unspecified atom stereocenters. The van der Waals surface area contributed by atoms with Gasteiger partial charge in [0.1, 0.15) is 29.0 Å². The number of hydrogen-bond donors (Lipinski definition) is 4. The first kappa shape index (κ1) is 29.8. The first-order valence-corrected chi connectivity index (χ1v) is 13.5. The van der Waals surface area contributed by atoms with Crippen LogP contribution in [0.15, 0.2) is 36.4 Å². The van der Waals surface area contributed by atoms with Gasteiger partial charge in [0.05, 0.1) is 27.0 Å². The fraction of sp³-hybridized carbons (Fsp3) is 0.231. The minimum absolute atomic E-state index is 0.0281. The second-order valence-electron chi connectivity index (χ2n) is 9.74. The summed E-state index contributed by atoms with van der Waals surface area (Å²) in [5.74, 6) is -2.97. The minimum Gasteiger partial charge on any atom is -0.489 e. The number of nitrogens with one attached hydrogen (secondary N) is 1. The van der Waals surface area contributed by atoms with Gasteiger partial charge in [0, 0.05) is 16.7 Å². The highest BCUT2D eigenvalue weighted by atomic mass is 35.5. The zero-order valence-corrected chi connectivity index (χ0v) is 23.6. The van der Waals surface area contributed by atoms with Gasteiger partial charge >= 0.3 is 6.18 Å². The predicted molar refractivity (Wildman–Crippen MR) is 148 cm³/mol. The van der Waals surface area contributed by atoms with E-state index in [2.05, 4.69) is 9.97 Å². The molecule has 9 nitrogen and oxygen atoms in total. The average Bonchev–Trinajstić information content (AvgIpc) is 3.47. The summed E-state index contributed by atoms with van der Waals surface area (Å²) >= 11 is 13.0. The van der Waals surface area contributed by atoms with E-state index in [-0.39, 0.29) is 60.1 Å². The Labute approximate surface area is 248 Å². The summed E-state index contributed by atoms with van der Waals surface area (Å²) < 4.78 is 64.1. The zero-order valence-electron chi connectivity index (χ0n) is 21.3. The number of nitrogens with zero attached hydrogens (tertiary/aromatic N) is 2. The van der Waals surface area contributed by atoms with Crippen LogP contribution in [0.2, 0.25) is 10.0 Å². The normalized spacial score (nSPS) is 17.9. The van der Waals surface area contributed by atoms with Crippen molar-refractivity contribution in [1.82, 2.24) is 15.3 Å². The maximum atomic E-state index is 14.6. The lowest BCUT2D eigenvalue weighted by Crippen LogP contribution is -2.51. The standard InChI is InChI=1S/C26H19Cl2F4N5O4S/c1-24(22(33)39)9-41-20-12(24)7-17(36-18(20)10-2-3-13(27)14(28)4-10)25(40,26(30,31)32)8-35-21(38)11-5-15(29)19-16(6-11)42-23(34)37-19/h2-7,40H,8-9H2,1H3,(H2,33,39)(H2,34,37)(H,35,38)/t24-,25-/m0/s1. The fourth-order valence-electron chi connectivity index (χ4n) is 4.42. The first-order valence-electron chi connectivity index (χ1n) is 11.9. The van der Waals surface area contributed by atoms with Crippen molar-refractivity contribution in [2.75, 3.05) is 18.9 Å². The van der Waals surface area contributed by atoms with Crippen LogP contribution in [0.1, 0.15) is 28.5 Å². The third-order valence-corrected chi connectivity index (χ3v) is 8.50. The predicted octanol–water partition coefficient (Wildman–Crippen LogP) is 4.70. The van der Waals surface area contributed by atoms with Crippen LogP contribution in [-0.4, -0.2) is 46.2 Å². The number of anilines is 1. The summed E-state index contributed by atoms with van der Waals surface area (Å²) in [7, 11) is 0. The molecule has 4 aromatic rings. The molecule has 6 N–H and O–H groups in total. The second kappa shape index (κ2) is 10.2. The lowest BCUT2D eigenvalue weighted by molar-refractivity contribution is -0.265. The molecule has 0 bridgehead atoms. The molecule has 0 fully saturated rings. The van der Waals surface area contributed by atoms with Crippen LogP contribution < -0.4 is 21.5 Å². The minimum atomic E-state index is -5.40. The van der Waals surface area contributed by atoms with Crippen LogP contribution in [0.25, 0.3) is 21.5 Å². The van der Waals surface area contributed by atoms with E-state index in [1.54, 1.807) is 0 Å². The Morgan fingerprint density at radius 2 is 1.88 bits per heavy atom. The average molecular weight is 644 g/mol. The molecule has 2 amide bonds. The number of fused-ring (bicyclic) bond motifs is 2. The molecule has 16 heteroatoms. The van der Waals surface area contributed by atoms with Crippen molar-refractivity contribution in [3.8, 4) is 17.0 Å². The van der Waals surface area contributed by atoms with Gasteiger partial charge < -0.3 is 26.6 Å². The zero-order chi connectivity index (χ0) is 30.8. The molecule has 2 aromatic carbocycles. The van der Waals surface area contributed by atoms with E-state index < -0.39 is 47.1 Å². The number of alkyl halides is 3. The topological polar surface area (TPSA) is 153 Å². The van der Waals surface area contributed by atoms with E-state index in [0.29, 0.717) is 0 Å². The number of halogens is 6. The lowest BCUT2D eigenvalue weighted by atomic mass is 9.81. The molecule has 3 heterocycles. The van der Waals surface area contributed by atoms with Crippen LogP contribution >= 0.6 is 34.5 Å². The highest BCUT2D eigenvalue weighted by Crippen LogP contribution is 2.48. The molecule has 0 aliphatic carbocycles. The van der Waals surface area contributed by atoms with Crippen molar-refractivity contribution >= 4 is 61.7 Å². The van der Waals surface area contributed by atoms with Crippen molar-refractivity contribution in [2.24, 2.45) is 5.73 Å². The first-order chi connectivity index (χ1) is 19.5. The number of benzene rings is 2. The summed E-state index contributed by atoms with van der Waals surface area (Å²) in [6, 6.07) is 6.97. The maximum Gasteiger partial charge on any atom is 0.424 e. The molecule has 42 heavy (non-hydrogen) atoms. The largest absolute Gasteiger partial charge is 0.489 e. The number of nitrogens with two attached hydrogens (primary N) is 2. The Morgan fingerprint density at radius 3 is 2.52 bits per heavy atom. The highest BCUT2D eigenvalue weighted by Gasteiger charge is 2.57.